The van der Waals surface area contributed by atoms with E-state index in [2.05, 4.69) is 22.4 Å². The van der Waals surface area contributed by atoms with Gasteiger partial charge < -0.3 is 14.2 Å². The second kappa shape index (κ2) is 4.63. The summed E-state index contributed by atoms with van der Waals surface area (Å²) >= 11 is 0. The van der Waals surface area contributed by atoms with Gasteiger partial charge in [-0.05, 0) is 32.1 Å². The van der Waals surface area contributed by atoms with Crippen LogP contribution in [0.1, 0.15) is 12.2 Å². The molecular weight excluding hydrogens is 194 g/mol. The quantitative estimate of drug-likeness (QED) is 0.740. The van der Waals surface area contributed by atoms with Gasteiger partial charge in [0, 0.05) is 18.7 Å². The first-order valence-corrected chi connectivity index (χ1v) is 5.22. The number of ether oxygens (including phenoxy) is 1. The number of hydrogen-bond donors (Lipinski definition) is 1. The van der Waals surface area contributed by atoms with Crippen molar-refractivity contribution in [1.29, 1.82) is 0 Å². The number of likely N-dealkylation sites (tertiary alicyclic amines) is 1. The van der Waals surface area contributed by atoms with Gasteiger partial charge in [-0.1, -0.05) is 0 Å². The van der Waals surface area contributed by atoms with Crippen LogP contribution in [0.4, 0.5) is 0 Å². The van der Waals surface area contributed by atoms with Crippen LogP contribution in [0, 0.1) is 6.92 Å². The maximum Gasteiger partial charge on any atom is 0.255 e. The highest BCUT2D eigenvalue weighted by Gasteiger charge is 2.18. The van der Waals surface area contributed by atoms with E-state index in [0.29, 0.717) is 18.7 Å². The molecule has 1 atom stereocenters. The molecule has 0 saturated carbocycles. The summed E-state index contributed by atoms with van der Waals surface area (Å²) in [4.78, 5) is 2.30. The van der Waals surface area contributed by atoms with Crippen molar-refractivity contribution >= 4 is 0 Å². The Morgan fingerprint density at radius 2 is 2.60 bits per heavy atom. The molecule has 5 nitrogen and oxygen atoms in total. The highest BCUT2D eigenvalue weighted by Crippen LogP contribution is 2.10. The number of nitrogens with one attached hydrogen (secondary N) is 1. The smallest absolute Gasteiger partial charge is 0.255 e. The number of hydrogen-bond acceptors (Lipinski definition) is 5. The van der Waals surface area contributed by atoms with Crippen molar-refractivity contribution in [3.63, 3.8) is 0 Å². The lowest BCUT2D eigenvalue weighted by molar-refractivity contribution is 0.237. The van der Waals surface area contributed by atoms with Crippen LogP contribution in [-0.4, -0.2) is 43.0 Å². The Balaban J connectivity index is 1.67. The van der Waals surface area contributed by atoms with Crippen LogP contribution >= 0.6 is 0 Å². The summed E-state index contributed by atoms with van der Waals surface area (Å²) in [5.74, 6) is 1.32. The summed E-state index contributed by atoms with van der Waals surface area (Å²) in [7, 11) is 2.13. The molecule has 0 radical (unpaired) electrons. The third-order valence-electron chi connectivity index (χ3n) is 2.59. The van der Waals surface area contributed by atoms with Crippen molar-refractivity contribution in [2.24, 2.45) is 0 Å². The van der Waals surface area contributed by atoms with E-state index in [1.807, 2.05) is 6.92 Å². The molecule has 1 N–H and O–H groups in total. The van der Waals surface area contributed by atoms with Gasteiger partial charge in [0.1, 0.15) is 12.5 Å². The maximum absolute atomic E-state index is 5.39. The molecule has 0 unspecified atom stereocenters. The van der Waals surface area contributed by atoms with E-state index in [1.165, 1.54) is 6.42 Å². The summed E-state index contributed by atoms with van der Waals surface area (Å²) in [5, 5.41) is 7.07. The van der Waals surface area contributed by atoms with Crippen molar-refractivity contribution in [2.75, 3.05) is 26.9 Å². The largest absolute Gasteiger partial charge is 0.460 e. The van der Waals surface area contributed by atoms with E-state index in [1.54, 1.807) is 6.07 Å². The van der Waals surface area contributed by atoms with Crippen LogP contribution in [0.25, 0.3) is 0 Å². The Kier molecular flexibility index (Phi) is 3.23. The fourth-order valence-corrected chi connectivity index (χ4v) is 1.75. The second-order valence-corrected chi connectivity index (χ2v) is 4.02. The van der Waals surface area contributed by atoms with E-state index in [9.17, 15) is 0 Å². The van der Waals surface area contributed by atoms with Crippen LogP contribution in [0.15, 0.2) is 10.6 Å². The molecule has 1 aromatic heterocycles. The van der Waals surface area contributed by atoms with Gasteiger partial charge in [0.05, 0.1) is 0 Å². The fourth-order valence-electron chi connectivity index (χ4n) is 1.75. The van der Waals surface area contributed by atoms with E-state index in [4.69, 9.17) is 9.26 Å². The minimum Gasteiger partial charge on any atom is -0.460 e. The normalized spacial score (nSPS) is 22.1. The molecule has 1 aliphatic rings. The highest BCUT2D eigenvalue weighted by atomic mass is 16.5. The lowest BCUT2D eigenvalue weighted by Gasteiger charge is -2.12. The van der Waals surface area contributed by atoms with Crippen molar-refractivity contribution in [3.05, 3.63) is 11.8 Å². The molecule has 2 heterocycles. The average Bonchev–Trinajstić information content (AvgIpc) is 2.76. The Labute approximate surface area is 89.4 Å². The van der Waals surface area contributed by atoms with Gasteiger partial charge in [0.15, 0.2) is 0 Å². The van der Waals surface area contributed by atoms with Crippen LogP contribution in [-0.2, 0) is 0 Å². The Hall–Kier alpha value is -1.07. The number of aromatic nitrogens is 1. The van der Waals surface area contributed by atoms with Gasteiger partial charge in [0.25, 0.3) is 5.88 Å². The lowest BCUT2D eigenvalue weighted by Crippen LogP contribution is -2.34. The lowest BCUT2D eigenvalue weighted by atomic mass is 10.3. The zero-order valence-corrected chi connectivity index (χ0v) is 9.19. The molecule has 0 bridgehead atoms. The predicted molar refractivity (Wildman–Crippen MR) is 55.8 cm³/mol. The zero-order valence-electron chi connectivity index (χ0n) is 9.19. The van der Waals surface area contributed by atoms with Gasteiger partial charge in [-0.15, -0.1) is 0 Å². The molecule has 0 aliphatic carbocycles. The maximum atomic E-state index is 5.39. The molecule has 15 heavy (non-hydrogen) atoms. The summed E-state index contributed by atoms with van der Waals surface area (Å²) < 4.78 is 10.3. The van der Waals surface area contributed by atoms with Crippen LogP contribution < -0.4 is 10.1 Å². The molecule has 1 aliphatic heterocycles. The fraction of sp³-hybridized carbons (Fsp3) is 0.700. The number of likely N-dealkylation sites (N-methyl/N-ethyl adjacent to an activating group) is 1. The topological polar surface area (TPSA) is 50.5 Å². The Morgan fingerprint density at radius 3 is 3.20 bits per heavy atom. The van der Waals surface area contributed by atoms with Crippen LogP contribution in [0.5, 0.6) is 5.88 Å². The van der Waals surface area contributed by atoms with Crippen LogP contribution in [0.3, 0.4) is 0 Å². The molecule has 2 rings (SSSR count). The number of nitrogens with zero attached hydrogens (tertiary/aromatic N) is 2. The van der Waals surface area contributed by atoms with Gasteiger partial charge in [0.2, 0.25) is 0 Å². The highest BCUT2D eigenvalue weighted by molar-refractivity contribution is 5.09. The third-order valence-corrected chi connectivity index (χ3v) is 2.59. The molecule has 1 fully saturated rings. The Bertz CT molecular complexity index is 313. The molecule has 1 saturated heterocycles. The first-order chi connectivity index (χ1) is 7.24. The van der Waals surface area contributed by atoms with E-state index in [0.717, 1.165) is 18.8 Å². The number of aryl methyl sites for hydroxylation is 1. The summed E-state index contributed by atoms with van der Waals surface area (Å²) in [5.41, 5.74) is 0. The Morgan fingerprint density at radius 1 is 1.73 bits per heavy atom. The molecule has 0 amide bonds. The minimum atomic E-state index is 0.491. The predicted octanol–water partition coefficient (Wildman–Crippen LogP) is 0.613. The third kappa shape index (κ3) is 2.94. The van der Waals surface area contributed by atoms with Gasteiger partial charge in [-0.2, -0.15) is 0 Å². The monoisotopic (exact) mass is 211 g/mol. The van der Waals surface area contributed by atoms with Gasteiger partial charge in [-0.25, -0.2) is 0 Å². The summed E-state index contributed by atoms with van der Waals surface area (Å²) in [6.45, 7) is 4.58. The zero-order chi connectivity index (χ0) is 10.7. The van der Waals surface area contributed by atoms with Crippen molar-refractivity contribution in [1.82, 2.24) is 15.4 Å². The first kappa shape index (κ1) is 10.4. The molecule has 84 valence electrons. The molecular formula is C10H17N3O2. The molecule has 5 heteroatoms. The van der Waals surface area contributed by atoms with E-state index < -0.39 is 0 Å². The average molecular weight is 211 g/mol. The minimum absolute atomic E-state index is 0.491. The summed E-state index contributed by atoms with van der Waals surface area (Å²) in [6.07, 6.45) is 1.18. The molecule has 1 aromatic rings. The molecule has 0 aromatic carbocycles. The van der Waals surface area contributed by atoms with Crippen molar-refractivity contribution in [3.8, 4) is 5.88 Å². The number of rotatable bonds is 4. The SMILES string of the molecule is Cc1cc(OCN[C@@H]2CCN(C)C2)no1. The summed E-state index contributed by atoms with van der Waals surface area (Å²) in [6, 6.07) is 2.31. The molecule has 0 spiro atoms. The van der Waals surface area contributed by atoms with Crippen molar-refractivity contribution in [2.45, 2.75) is 19.4 Å². The van der Waals surface area contributed by atoms with E-state index >= 15 is 0 Å². The van der Waals surface area contributed by atoms with Crippen LogP contribution in [0.2, 0.25) is 0 Å². The van der Waals surface area contributed by atoms with E-state index in [-0.39, 0.29) is 0 Å². The van der Waals surface area contributed by atoms with Gasteiger partial charge in [-0.3, -0.25) is 5.32 Å². The van der Waals surface area contributed by atoms with Gasteiger partial charge >= 0.3 is 0 Å². The second-order valence-electron chi connectivity index (χ2n) is 4.02. The standard InChI is InChI=1S/C10H17N3O2/c1-8-5-10(12-15-8)14-7-11-9-3-4-13(2)6-9/h5,9,11H,3-4,6-7H2,1-2H3/t9-/m1/s1. The van der Waals surface area contributed by atoms with Crippen molar-refractivity contribution < 1.29 is 9.26 Å². The first-order valence-electron chi connectivity index (χ1n) is 5.22.